The van der Waals surface area contributed by atoms with Crippen LogP contribution in [0.4, 0.5) is 0 Å². The molecule has 3 N–H and O–H groups in total. The first kappa shape index (κ1) is 30.1. The summed E-state index contributed by atoms with van der Waals surface area (Å²) >= 11 is 0. The summed E-state index contributed by atoms with van der Waals surface area (Å²) in [5, 5.41) is 13.4. The summed E-state index contributed by atoms with van der Waals surface area (Å²) in [4.78, 5) is 62.0. The van der Waals surface area contributed by atoms with Gasteiger partial charge in [0.15, 0.2) is 6.61 Å². The maximum absolute atomic E-state index is 12.8. The molecule has 1 aromatic rings. The number of amides is 5. The molecule has 1 unspecified atom stereocenters. The van der Waals surface area contributed by atoms with E-state index in [1.807, 2.05) is 0 Å². The number of fused-ring (bicyclic) bond motifs is 1. The Bertz CT molecular complexity index is 1030. The molecule has 0 aliphatic carbocycles. The lowest BCUT2D eigenvalue weighted by Gasteiger charge is -2.27. The molecule has 3 rings (SSSR count). The molecule has 2 aliphatic rings. The van der Waals surface area contributed by atoms with Gasteiger partial charge in [-0.25, -0.2) is 0 Å². The molecular weight excluding hydrogens is 518 g/mol. The average molecular weight is 552 g/mol. The van der Waals surface area contributed by atoms with Crippen molar-refractivity contribution in [1.82, 2.24) is 15.5 Å². The third kappa shape index (κ3) is 9.07. The zero-order chi connectivity index (χ0) is 28.0. The summed E-state index contributed by atoms with van der Waals surface area (Å²) in [6.07, 6.45) is 0.0979. The second-order valence-corrected chi connectivity index (χ2v) is 8.47. The first-order valence-electron chi connectivity index (χ1n) is 12.6. The molecule has 0 saturated carbocycles. The molecule has 0 aromatic heterocycles. The predicted octanol–water partition coefficient (Wildman–Crippen LogP) is -1.36. The van der Waals surface area contributed by atoms with Crippen LogP contribution in [0.2, 0.25) is 0 Å². The van der Waals surface area contributed by atoms with Gasteiger partial charge in [0.25, 0.3) is 17.7 Å². The van der Waals surface area contributed by atoms with Gasteiger partial charge in [-0.3, -0.25) is 34.2 Å². The molecule has 2 heterocycles. The van der Waals surface area contributed by atoms with Crippen LogP contribution >= 0.6 is 0 Å². The molecule has 2 aliphatic heterocycles. The fourth-order valence-electron chi connectivity index (χ4n) is 3.83. The number of hydrogen-bond acceptors (Lipinski definition) is 11. The van der Waals surface area contributed by atoms with E-state index in [4.69, 9.17) is 28.8 Å². The maximum Gasteiger partial charge on any atom is 0.262 e. The van der Waals surface area contributed by atoms with Gasteiger partial charge in [-0.15, -0.1) is 0 Å². The van der Waals surface area contributed by atoms with Crippen LogP contribution in [-0.2, 0) is 33.3 Å². The van der Waals surface area contributed by atoms with Crippen molar-refractivity contribution >= 4 is 29.5 Å². The number of carbonyl (C=O) groups is 5. The van der Waals surface area contributed by atoms with E-state index in [0.717, 1.165) is 4.90 Å². The smallest absolute Gasteiger partial charge is 0.262 e. The van der Waals surface area contributed by atoms with E-state index in [1.165, 1.54) is 18.2 Å². The van der Waals surface area contributed by atoms with E-state index in [1.54, 1.807) is 0 Å². The van der Waals surface area contributed by atoms with Gasteiger partial charge in [0.1, 0.15) is 11.8 Å². The Balaban J connectivity index is 1.27. The average Bonchev–Trinajstić information content (AvgIpc) is 3.16. The third-order valence-electron chi connectivity index (χ3n) is 5.70. The van der Waals surface area contributed by atoms with Gasteiger partial charge in [-0.05, 0) is 24.6 Å². The minimum Gasteiger partial charge on any atom is -0.484 e. The van der Waals surface area contributed by atoms with Gasteiger partial charge in [0.05, 0.1) is 70.6 Å². The number of aliphatic hydroxyl groups excluding tert-OH is 1. The van der Waals surface area contributed by atoms with Crippen LogP contribution in [0, 0.1) is 0 Å². The van der Waals surface area contributed by atoms with Crippen molar-refractivity contribution in [2.45, 2.75) is 18.9 Å². The number of piperidine rings is 1. The molecule has 1 saturated heterocycles. The highest BCUT2D eigenvalue weighted by Gasteiger charge is 2.44. The largest absolute Gasteiger partial charge is 0.484 e. The predicted molar refractivity (Wildman–Crippen MR) is 132 cm³/mol. The number of carbonyl (C=O) groups excluding carboxylic acids is 5. The third-order valence-corrected chi connectivity index (χ3v) is 5.70. The molecule has 1 aromatic carbocycles. The molecule has 14 nitrogen and oxygen atoms in total. The van der Waals surface area contributed by atoms with Crippen LogP contribution in [0.25, 0.3) is 0 Å². The number of rotatable bonds is 18. The van der Waals surface area contributed by atoms with Gasteiger partial charge in [0.2, 0.25) is 11.8 Å². The standard InChI is InChI=1S/C25H33N3O11/c29-6-8-36-10-12-38-14-13-37-11-9-35-7-5-26-22(31)16-39-17-1-2-18-19(15-17)25(34)28(24(18)33)20-3-4-21(30)27-23(20)32/h1-2,15,20,29H,3-14,16H2,(H,26,31)(H,27,30,32). The van der Waals surface area contributed by atoms with Gasteiger partial charge >= 0.3 is 0 Å². The summed E-state index contributed by atoms with van der Waals surface area (Å²) in [6, 6.07) is 3.17. The molecule has 0 bridgehead atoms. The fourth-order valence-corrected chi connectivity index (χ4v) is 3.83. The van der Waals surface area contributed by atoms with Crippen LogP contribution in [0.5, 0.6) is 5.75 Å². The van der Waals surface area contributed by atoms with Crippen LogP contribution in [-0.4, -0.2) is 118 Å². The zero-order valence-corrected chi connectivity index (χ0v) is 21.5. The number of aliphatic hydroxyl groups is 1. The number of ether oxygens (including phenoxy) is 5. The number of imide groups is 2. The second kappa shape index (κ2) is 15.9. The first-order chi connectivity index (χ1) is 18.9. The van der Waals surface area contributed by atoms with Gasteiger partial charge < -0.3 is 34.1 Å². The Morgan fingerprint density at radius 2 is 1.51 bits per heavy atom. The summed E-state index contributed by atoms with van der Waals surface area (Å²) in [5.74, 6) is -2.59. The van der Waals surface area contributed by atoms with Crippen molar-refractivity contribution in [3.63, 3.8) is 0 Å². The minimum absolute atomic E-state index is 0.0149. The summed E-state index contributed by atoms with van der Waals surface area (Å²) in [5.41, 5.74) is 0.191. The Kier molecular flexibility index (Phi) is 12.2. The molecule has 14 heteroatoms. The summed E-state index contributed by atoms with van der Waals surface area (Å²) in [7, 11) is 0. The zero-order valence-electron chi connectivity index (χ0n) is 21.5. The van der Waals surface area contributed by atoms with Crippen molar-refractivity contribution < 1.29 is 52.8 Å². The van der Waals surface area contributed by atoms with E-state index in [0.29, 0.717) is 46.2 Å². The normalized spacial score (nSPS) is 16.8. The Morgan fingerprint density at radius 3 is 2.15 bits per heavy atom. The van der Waals surface area contributed by atoms with E-state index in [-0.39, 0.29) is 56.1 Å². The number of nitrogens with zero attached hydrogens (tertiary/aromatic N) is 1. The highest BCUT2D eigenvalue weighted by molar-refractivity contribution is 6.23. The molecule has 0 spiro atoms. The highest BCUT2D eigenvalue weighted by Crippen LogP contribution is 2.30. The van der Waals surface area contributed by atoms with E-state index in [9.17, 15) is 24.0 Å². The molecule has 39 heavy (non-hydrogen) atoms. The second-order valence-electron chi connectivity index (χ2n) is 8.47. The first-order valence-corrected chi connectivity index (χ1v) is 12.6. The van der Waals surface area contributed by atoms with Crippen LogP contribution in [0.15, 0.2) is 18.2 Å². The number of benzene rings is 1. The molecule has 1 atom stereocenters. The van der Waals surface area contributed by atoms with Crippen LogP contribution < -0.4 is 15.4 Å². The molecule has 0 radical (unpaired) electrons. The van der Waals surface area contributed by atoms with Crippen molar-refractivity contribution in [2.24, 2.45) is 0 Å². The minimum atomic E-state index is -1.05. The molecule has 1 fully saturated rings. The Morgan fingerprint density at radius 1 is 0.897 bits per heavy atom. The fraction of sp³-hybridized carbons (Fsp3) is 0.560. The monoisotopic (exact) mass is 551 g/mol. The van der Waals surface area contributed by atoms with E-state index in [2.05, 4.69) is 10.6 Å². The van der Waals surface area contributed by atoms with E-state index >= 15 is 0 Å². The Hall–Kier alpha value is -3.43. The topological polar surface area (TPSA) is 179 Å². The maximum atomic E-state index is 12.8. The van der Waals surface area contributed by atoms with Crippen molar-refractivity contribution in [3.05, 3.63) is 29.3 Å². The van der Waals surface area contributed by atoms with Crippen molar-refractivity contribution in [2.75, 3.05) is 72.6 Å². The van der Waals surface area contributed by atoms with Gasteiger partial charge in [-0.2, -0.15) is 0 Å². The number of nitrogens with one attached hydrogen (secondary N) is 2. The summed E-state index contributed by atoms with van der Waals surface area (Å²) in [6.45, 7) is 2.91. The quantitative estimate of drug-likeness (QED) is 0.145. The number of hydrogen-bond donors (Lipinski definition) is 3. The van der Waals surface area contributed by atoms with Crippen molar-refractivity contribution in [3.8, 4) is 5.75 Å². The van der Waals surface area contributed by atoms with Crippen LogP contribution in [0.1, 0.15) is 33.6 Å². The molecule has 5 amide bonds. The van der Waals surface area contributed by atoms with Gasteiger partial charge in [-0.1, -0.05) is 0 Å². The SMILES string of the molecule is O=C(COc1ccc2c(c1)C(=O)N(C1CCC(=O)NC1=O)C2=O)NCCOCCOCCOCCOCCO. The highest BCUT2D eigenvalue weighted by atomic mass is 16.6. The summed E-state index contributed by atoms with van der Waals surface area (Å²) < 4.78 is 26.5. The lowest BCUT2D eigenvalue weighted by molar-refractivity contribution is -0.136. The Labute approximate surface area is 224 Å². The molecule has 214 valence electrons. The van der Waals surface area contributed by atoms with E-state index < -0.39 is 35.6 Å². The van der Waals surface area contributed by atoms with Gasteiger partial charge in [0, 0.05) is 13.0 Å². The lowest BCUT2D eigenvalue weighted by Crippen LogP contribution is -2.54. The van der Waals surface area contributed by atoms with Crippen molar-refractivity contribution in [1.29, 1.82) is 0 Å². The molecular formula is C25H33N3O11. The van der Waals surface area contributed by atoms with Crippen LogP contribution in [0.3, 0.4) is 0 Å². The lowest BCUT2D eigenvalue weighted by atomic mass is 10.0.